The van der Waals surface area contributed by atoms with Crippen molar-refractivity contribution in [1.82, 2.24) is 10.2 Å². The van der Waals surface area contributed by atoms with Gasteiger partial charge in [0.1, 0.15) is 5.82 Å². The molecule has 0 heterocycles. The zero-order valence-corrected chi connectivity index (χ0v) is 14.7. The molecular formula is C19H22ClFN2O. The van der Waals surface area contributed by atoms with E-state index in [4.69, 9.17) is 11.6 Å². The fraction of sp³-hybridized carbons (Fsp3) is 0.316. The van der Waals surface area contributed by atoms with Crippen LogP contribution in [-0.2, 0) is 0 Å². The fourth-order valence-electron chi connectivity index (χ4n) is 2.79. The molecule has 24 heavy (non-hydrogen) atoms. The summed E-state index contributed by atoms with van der Waals surface area (Å²) >= 11 is 5.96. The van der Waals surface area contributed by atoms with Gasteiger partial charge in [-0.05, 0) is 30.8 Å². The van der Waals surface area contributed by atoms with Gasteiger partial charge in [0.2, 0.25) is 0 Å². The van der Waals surface area contributed by atoms with Gasteiger partial charge in [-0.3, -0.25) is 9.69 Å². The van der Waals surface area contributed by atoms with Crippen LogP contribution >= 0.6 is 11.6 Å². The van der Waals surface area contributed by atoms with E-state index in [0.717, 1.165) is 18.7 Å². The third-order valence-corrected chi connectivity index (χ3v) is 4.40. The molecule has 0 fully saturated rings. The lowest BCUT2D eigenvalue weighted by Gasteiger charge is -2.30. The van der Waals surface area contributed by atoms with Crippen LogP contribution in [0.2, 0.25) is 5.02 Å². The minimum absolute atomic E-state index is 0.0238. The molecule has 0 spiro atoms. The fourth-order valence-corrected chi connectivity index (χ4v) is 3.04. The van der Waals surface area contributed by atoms with Crippen LogP contribution in [0.15, 0.2) is 48.5 Å². The first-order valence-electron chi connectivity index (χ1n) is 8.09. The number of rotatable bonds is 7. The van der Waals surface area contributed by atoms with Crippen LogP contribution in [0.4, 0.5) is 4.39 Å². The summed E-state index contributed by atoms with van der Waals surface area (Å²) in [7, 11) is 0. The van der Waals surface area contributed by atoms with Gasteiger partial charge in [0.25, 0.3) is 5.91 Å². The predicted octanol–water partition coefficient (Wildman–Crippen LogP) is 4.29. The topological polar surface area (TPSA) is 32.3 Å². The molecule has 0 aromatic heterocycles. The smallest absolute Gasteiger partial charge is 0.255 e. The van der Waals surface area contributed by atoms with Gasteiger partial charge >= 0.3 is 0 Å². The van der Waals surface area contributed by atoms with Crippen LogP contribution < -0.4 is 5.32 Å². The largest absolute Gasteiger partial charge is 0.350 e. The standard InChI is InChI=1S/C19H22ClFN2O/c1-3-23(4-2)17(14-9-6-5-7-10-14)13-22-19(24)18-15(20)11-8-12-16(18)21/h5-12,17H,3-4,13H2,1-2H3,(H,22,24)/t17-/m1/s1. The summed E-state index contributed by atoms with van der Waals surface area (Å²) in [4.78, 5) is 14.6. The van der Waals surface area contributed by atoms with Crippen molar-refractivity contribution in [3.8, 4) is 0 Å². The number of carbonyl (C=O) groups excluding carboxylic acids is 1. The first-order chi connectivity index (χ1) is 11.6. The third-order valence-electron chi connectivity index (χ3n) is 4.08. The number of amides is 1. The molecule has 2 aromatic carbocycles. The van der Waals surface area contributed by atoms with Crippen molar-refractivity contribution in [2.75, 3.05) is 19.6 Å². The molecule has 0 saturated heterocycles. The summed E-state index contributed by atoms with van der Waals surface area (Å²) in [6.45, 7) is 6.25. The molecule has 2 aromatic rings. The molecule has 1 N–H and O–H groups in total. The quantitative estimate of drug-likeness (QED) is 0.809. The van der Waals surface area contributed by atoms with E-state index in [2.05, 4.69) is 24.1 Å². The van der Waals surface area contributed by atoms with Gasteiger partial charge in [-0.15, -0.1) is 0 Å². The summed E-state index contributed by atoms with van der Waals surface area (Å²) in [5, 5.41) is 2.94. The highest BCUT2D eigenvalue weighted by atomic mass is 35.5. The second kappa shape index (κ2) is 8.81. The Morgan fingerprint density at radius 3 is 2.38 bits per heavy atom. The maximum atomic E-state index is 13.9. The Bertz CT molecular complexity index is 654. The minimum atomic E-state index is -0.612. The lowest BCUT2D eigenvalue weighted by atomic mass is 10.0. The normalized spacial score (nSPS) is 12.2. The monoisotopic (exact) mass is 348 g/mol. The van der Waals surface area contributed by atoms with E-state index in [1.807, 2.05) is 30.3 Å². The van der Waals surface area contributed by atoms with Crippen LogP contribution in [0.5, 0.6) is 0 Å². The molecule has 0 aliphatic rings. The van der Waals surface area contributed by atoms with E-state index in [1.165, 1.54) is 18.2 Å². The van der Waals surface area contributed by atoms with Crippen molar-refractivity contribution >= 4 is 17.5 Å². The zero-order chi connectivity index (χ0) is 17.5. The van der Waals surface area contributed by atoms with E-state index in [0.29, 0.717) is 6.54 Å². The molecule has 1 atom stereocenters. The van der Waals surface area contributed by atoms with Gasteiger partial charge < -0.3 is 5.32 Å². The average molecular weight is 349 g/mol. The van der Waals surface area contributed by atoms with Crippen LogP contribution in [0, 0.1) is 5.82 Å². The second-order valence-electron chi connectivity index (χ2n) is 5.45. The molecule has 0 unspecified atom stereocenters. The average Bonchev–Trinajstić information content (AvgIpc) is 2.59. The highest BCUT2D eigenvalue weighted by molar-refractivity contribution is 6.33. The summed E-state index contributed by atoms with van der Waals surface area (Å²) in [5.41, 5.74) is 1.01. The van der Waals surface area contributed by atoms with Gasteiger partial charge in [-0.2, -0.15) is 0 Å². The lowest BCUT2D eigenvalue weighted by molar-refractivity contribution is 0.0931. The Morgan fingerprint density at radius 1 is 1.12 bits per heavy atom. The molecule has 0 saturated carbocycles. The molecular weight excluding hydrogens is 327 g/mol. The van der Waals surface area contributed by atoms with Gasteiger partial charge in [-0.1, -0.05) is 61.8 Å². The van der Waals surface area contributed by atoms with Crippen LogP contribution in [0.1, 0.15) is 35.8 Å². The number of likely N-dealkylation sites (N-methyl/N-ethyl adjacent to an activating group) is 1. The molecule has 0 bridgehead atoms. The number of hydrogen-bond donors (Lipinski definition) is 1. The van der Waals surface area contributed by atoms with Crippen molar-refractivity contribution < 1.29 is 9.18 Å². The number of nitrogens with one attached hydrogen (secondary N) is 1. The van der Waals surface area contributed by atoms with Gasteiger partial charge in [-0.25, -0.2) is 4.39 Å². The molecule has 3 nitrogen and oxygen atoms in total. The molecule has 0 aliphatic heterocycles. The van der Waals surface area contributed by atoms with Crippen LogP contribution in [-0.4, -0.2) is 30.4 Å². The Hall–Kier alpha value is -1.91. The van der Waals surface area contributed by atoms with E-state index in [-0.39, 0.29) is 16.6 Å². The second-order valence-corrected chi connectivity index (χ2v) is 5.86. The third kappa shape index (κ3) is 4.34. The lowest BCUT2D eigenvalue weighted by Crippen LogP contribution is -2.38. The summed E-state index contributed by atoms with van der Waals surface area (Å²) in [6, 6.07) is 14.2. The van der Waals surface area contributed by atoms with Crippen LogP contribution in [0.3, 0.4) is 0 Å². The van der Waals surface area contributed by atoms with E-state index < -0.39 is 11.7 Å². The maximum absolute atomic E-state index is 13.9. The SMILES string of the molecule is CCN(CC)[C@H](CNC(=O)c1c(F)cccc1Cl)c1ccccc1. The van der Waals surface area contributed by atoms with Gasteiger partial charge in [0.15, 0.2) is 0 Å². The number of benzene rings is 2. The van der Waals surface area contributed by atoms with Gasteiger partial charge in [0.05, 0.1) is 16.6 Å². The van der Waals surface area contributed by atoms with Crippen molar-refractivity contribution in [3.05, 3.63) is 70.5 Å². The first-order valence-corrected chi connectivity index (χ1v) is 8.47. The summed E-state index contributed by atoms with van der Waals surface area (Å²) in [6.07, 6.45) is 0. The van der Waals surface area contributed by atoms with Crippen LogP contribution in [0.25, 0.3) is 0 Å². The highest BCUT2D eigenvalue weighted by Gasteiger charge is 2.21. The molecule has 1 amide bonds. The number of halogens is 2. The molecule has 5 heteroatoms. The molecule has 0 radical (unpaired) electrons. The first kappa shape index (κ1) is 18.4. The summed E-state index contributed by atoms with van der Waals surface area (Å²) in [5.74, 6) is -1.11. The van der Waals surface area contributed by atoms with E-state index in [1.54, 1.807) is 0 Å². The Morgan fingerprint density at radius 2 is 1.79 bits per heavy atom. The van der Waals surface area contributed by atoms with Crippen molar-refractivity contribution in [2.45, 2.75) is 19.9 Å². The number of hydrogen-bond acceptors (Lipinski definition) is 2. The van der Waals surface area contributed by atoms with Gasteiger partial charge in [0, 0.05) is 6.54 Å². The van der Waals surface area contributed by atoms with Crippen molar-refractivity contribution in [3.63, 3.8) is 0 Å². The van der Waals surface area contributed by atoms with E-state index >= 15 is 0 Å². The van der Waals surface area contributed by atoms with Crippen molar-refractivity contribution in [2.24, 2.45) is 0 Å². The summed E-state index contributed by atoms with van der Waals surface area (Å²) < 4.78 is 13.9. The molecule has 2 rings (SSSR count). The van der Waals surface area contributed by atoms with E-state index in [9.17, 15) is 9.18 Å². The number of carbonyl (C=O) groups is 1. The Labute approximate surface area is 147 Å². The Kier molecular flexibility index (Phi) is 6.76. The Balaban J connectivity index is 2.17. The molecule has 128 valence electrons. The zero-order valence-electron chi connectivity index (χ0n) is 13.9. The predicted molar refractivity (Wildman–Crippen MR) is 95.8 cm³/mol. The number of nitrogens with zero attached hydrogens (tertiary/aromatic N) is 1. The molecule has 0 aliphatic carbocycles. The van der Waals surface area contributed by atoms with Crippen molar-refractivity contribution in [1.29, 1.82) is 0 Å². The maximum Gasteiger partial charge on any atom is 0.255 e. The highest BCUT2D eigenvalue weighted by Crippen LogP contribution is 2.21. The minimum Gasteiger partial charge on any atom is -0.350 e.